The number of hydroxylamine groups is 1. The Hall–Kier alpha value is -1.79. The fourth-order valence-corrected chi connectivity index (χ4v) is 4.56. The number of ether oxygens (including phenoxy) is 1. The maximum absolute atomic E-state index is 7.24. The highest BCUT2D eigenvalue weighted by Gasteiger charge is 2.51. The molecule has 6 heteroatoms. The van der Waals surface area contributed by atoms with Crippen molar-refractivity contribution in [3.63, 3.8) is 0 Å². The van der Waals surface area contributed by atoms with Crippen molar-refractivity contribution >= 4 is 17.3 Å². The highest BCUT2D eigenvalue weighted by molar-refractivity contribution is 6.25. The molecule has 3 aliphatic heterocycles. The Balaban J connectivity index is 1.52. The molecule has 26 heavy (non-hydrogen) atoms. The van der Waals surface area contributed by atoms with E-state index < -0.39 is 5.00 Å². The molecule has 0 aliphatic carbocycles. The average molecular weight is 372 g/mol. The molecule has 136 valence electrons. The van der Waals surface area contributed by atoms with Crippen LogP contribution in [0.5, 0.6) is 11.5 Å². The lowest BCUT2D eigenvalue weighted by Crippen LogP contribution is -2.46. The smallest absolute Gasteiger partial charge is 0.171 e. The van der Waals surface area contributed by atoms with Crippen LogP contribution in [0, 0.1) is 0 Å². The van der Waals surface area contributed by atoms with E-state index in [1.165, 1.54) is 0 Å². The molecule has 0 radical (unpaired) electrons. The largest absolute Gasteiger partial charge is 0.455 e. The predicted octanol–water partition coefficient (Wildman–Crippen LogP) is 3.30. The lowest BCUT2D eigenvalue weighted by Gasteiger charge is -2.31. The number of alkyl halides is 1. The highest BCUT2D eigenvalue weighted by atomic mass is 35.5. The summed E-state index contributed by atoms with van der Waals surface area (Å²) >= 11 is 7.24. The van der Waals surface area contributed by atoms with Gasteiger partial charge < -0.3 is 10.1 Å². The van der Waals surface area contributed by atoms with Crippen molar-refractivity contribution in [3.8, 4) is 11.5 Å². The van der Waals surface area contributed by atoms with E-state index in [1.54, 1.807) is 0 Å². The van der Waals surface area contributed by atoms with Crippen LogP contribution in [0.15, 0.2) is 48.5 Å². The van der Waals surface area contributed by atoms with E-state index in [0.29, 0.717) is 6.42 Å². The summed E-state index contributed by atoms with van der Waals surface area (Å²) in [5.41, 5.74) is 1.84. The Morgan fingerprint density at radius 3 is 2.62 bits per heavy atom. The molecule has 2 aromatic rings. The van der Waals surface area contributed by atoms with Crippen LogP contribution in [-0.4, -0.2) is 43.7 Å². The molecule has 5 rings (SSSR count). The standard InChI is InChI=1S/C20H22ClN3O2/c21-20-13-15(14-23-11-9-22-10-12-23)26-24(20)17-6-2-4-8-19(17)25-18-7-3-1-5-16(18)20/h1-8,15,22H,9-14H2/t15-,20-/m1/s1. The summed E-state index contributed by atoms with van der Waals surface area (Å²) in [5, 5.41) is 5.26. The maximum Gasteiger partial charge on any atom is 0.171 e. The van der Waals surface area contributed by atoms with Gasteiger partial charge in [-0.1, -0.05) is 41.9 Å². The van der Waals surface area contributed by atoms with Crippen LogP contribution in [-0.2, 0) is 9.84 Å². The molecule has 0 spiro atoms. The molecule has 5 nitrogen and oxygen atoms in total. The van der Waals surface area contributed by atoms with Crippen molar-refractivity contribution in [2.24, 2.45) is 0 Å². The van der Waals surface area contributed by atoms with Crippen LogP contribution in [0.25, 0.3) is 0 Å². The zero-order valence-electron chi connectivity index (χ0n) is 14.5. The van der Waals surface area contributed by atoms with Gasteiger partial charge in [-0.2, -0.15) is 0 Å². The Bertz CT molecular complexity index is 811. The topological polar surface area (TPSA) is 37.0 Å². The zero-order valence-corrected chi connectivity index (χ0v) is 15.3. The van der Waals surface area contributed by atoms with Gasteiger partial charge in [-0.15, -0.1) is 0 Å². The Morgan fingerprint density at radius 2 is 1.77 bits per heavy atom. The highest BCUT2D eigenvalue weighted by Crippen LogP contribution is 2.54. The average Bonchev–Trinajstić information content (AvgIpc) is 2.96. The van der Waals surface area contributed by atoms with Gasteiger partial charge in [-0.05, 0) is 18.2 Å². The second-order valence-electron chi connectivity index (χ2n) is 7.10. The summed E-state index contributed by atoms with van der Waals surface area (Å²) in [4.78, 5) is 8.08. The minimum Gasteiger partial charge on any atom is -0.455 e. The van der Waals surface area contributed by atoms with E-state index in [9.17, 15) is 0 Å². The number of para-hydroxylation sites is 3. The van der Waals surface area contributed by atoms with Gasteiger partial charge in [0.15, 0.2) is 10.7 Å². The lowest BCUT2D eigenvalue weighted by atomic mass is 9.99. The van der Waals surface area contributed by atoms with E-state index in [0.717, 1.165) is 55.5 Å². The fraction of sp³-hybridized carbons (Fsp3) is 0.400. The van der Waals surface area contributed by atoms with Gasteiger partial charge in [-0.25, -0.2) is 5.06 Å². The third-order valence-corrected chi connectivity index (χ3v) is 5.86. The van der Waals surface area contributed by atoms with Crippen LogP contribution in [0.4, 0.5) is 5.69 Å². The van der Waals surface area contributed by atoms with Gasteiger partial charge in [0.2, 0.25) is 0 Å². The summed E-state index contributed by atoms with van der Waals surface area (Å²) in [6, 6.07) is 15.9. The van der Waals surface area contributed by atoms with Gasteiger partial charge in [0.05, 0.1) is 0 Å². The fourth-order valence-electron chi connectivity index (χ4n) is 4.10. The number of fused-ring (bicyclic) bond motifs is 5. The number of nitrogens with one attached hydrogen (secondary N) is 1. The molecule has 2 aromatic carbocycles. The first-order chi connectivity index (χ1) is 12.7. The number of benzene rings is 2. The molecule has 0 amide bonds. The zero-order chi connectivity index (χ0) is 17.6. The summed E-state index contributed by atoms with van der Waals surface area (Å²) in [7, 11) is 0. The second-order valence-corrected chi connectivity index (χ2v) is 7.73. The number of rotatable bonds is 2. The van der Waals surface area contributed by atoms with Gasteiger partial charge in [-0.3, -0.25) is 9.74 Å². The van der Waals surface area contributed by atoms with Crippen LogP contribution in [0.3, 0.4) is 0 Å². The van der Waals surface area contributed by atoms with Crippen LogP contribution in [0.1, 0.15) is 12.0 Å². The number of hydrogen-bond acceptors (Lipinski definition) is 5. The van der Waals surface area contributed by atoms with Crippen LogP contribution < -0.4 is 15.1 Å². The summed E-state index contributed by atoms with van der Waals surface area (Å²) in [6.07, 6.45) is 0.762. The molecule has 0 aromatic heterocycles. The van der Waals surface area contributed by atoms with Crippen LogP contribution >= 0.6 is 11.6 Å². The molecule has 0 unspecified atom stereocenters. The molecule has 0 bridgehead atoms. The van der Waals surface area contributed by atoms with Crippen molar-refractivity contribution in [3.05, 3.63) is 54.1 Å². The van der Waals surface area contributed by atoms with E-state index in [4.69, 9.17) is 21.2 Å². The molecular weight excluding hydrogens is 350 g/mol. The molecule has 3 heterocycles. The second kappa shape index (κ2) is 6.43. The Kier molecular flexibility index (Phi) is 4.05. The Labute approximate surface area is 158 Å². The first-order valence-electron chi connectivity index (χ1n) is 9.19. The normalized spacial score (nSPS) is 27.9. The first kappa shape index (κ1) is 16.4. The third-order valence-electron chi connectivity index (χ3n) is 5.35. The summed E-state index contributed by atoms with van der Waals surface area (Å²) in [6.45, 7) is 5.04. The van der Waals surface area contributed by atoms with Gasteiger partial charge in [0.25, 0.3) is 0 Å². The van der Waals surface area contributed by atoms with E-state index in [1.807, 2.05) is 53.6 Å². The molecular formula is C20H22ClN3O2. The SMILES string of the molecule is Cl[C@]12C[C@H](CN3CCNCC3)ON1c1ccccc1Oc1ccccc12. The predicted molar refractivity (Wildman–Crippen MR) is 102 cm³/mol. The van der Waals surface area contributed by atoms with E-state index in [-0.39, 0.29) is 6.10 Å². The number of nitrogens with zero attached hydrogens (tertiary/aromatic N) is 2. The minimum absolute atomic E-state index is 0.0461. The van der Waals surface area contributed by atoms with Gasteiger partial charge in [0, 0.05) is 44.7 Å². The van der Waals surface area contributed by atoms with Crippen molar-refractivity contribution < 1.29 is 9.57 Å². The van der Waals surface area contributed by atoms with Gasteiger partial charge in [0.1, 0.15) is 17.5 Å². The molecule has 2 saturated heterocycles. The molecule has 0 saturated carbocycles. The Morgan fingerprint density at radius 1 is 1.04 bits per heavy atom. The summed E-state index contributed by atoms with van der Waals surface area (Å²) in [5.74, 6) is 1.56. The number of halogens is 1. The molecule has 1 N–H and O–H groups in total. The van der Waals surface area contributed by atoms with Gasteiger partial charge >= 0.3 is 0 Å². The van der Waals surface area contributed by atoms with Crippen molar-refractivity contribution in [1.29, 1.82) is 0 Å². The number of piperazine rings is 1. The number of hydrogen-bond donors (Lipinski definition) is 1. The third kappa shape index (κ3) is 2.67. The minimum atomic E-state index is -0.762. The van der Waals surface area contributed by atoms with Crippen molar-refractivity contribution in [2.75, 3.05) is 37.8 Å². The monoisotopic (exact) mass is 371 g/mol. The quantitative estimate of drug-likeness (QED) is 0.647. The lowest BCUT2D eigenvalue weighted by molar-refractivity contribution is 0.0489. The molecule has 2 atom stereocenters. The number of anilines is 1. The van der Waals surface area contributed by atoms with Crippen molar-refractivity contribution in [1.82, 2.24) is 10.2 Å². The van der Waals surface area contributed by atoms with E-state index >= 15 is 0 Å². The first-order valence-corrected chi connectivity index (χ1v) is 9.57. The maximum atomic E-state index is 7.24. The molecule has 3 aliphatic rings. The van der Waals surface area contributed by atoms with E-state index in [2.05, 4.69) is 10.2 Å². The van der Waals surface area contributed by atoms with Crippen molar-refractivity contribution in [2.45, 2.75) is 17.5 Å². The molecule has 2 fully saturated rings. The van der Waals surface area contributed by atoms with Crippen LogP contribution in [0.2, 0.25) is 0 Å². The summed E-state index contributed by atoms with van der Waals surface area (Å²) < 4.78 is 6.16.